The largest absolute Gasteiger partial charge is 0.461 e. The third-order valence-corrected chi connectivity index (χ3v) is 7.50. The summed E-state index contributed by atoms with van der Waals surface area (Å²) in [4.78, 5) is 12.9. The maximum atomic E-state index is 12.9. The minimum atomic E-state index is -0.361. The lowest BCUT2D eigenvalue weighted by Crippen LogP contribution is -2.59. The van der Waals surface area contributed by atoms with Crippen molar-refractivity contribution in [2.45, 2.75) is 95.2 Å². The number of benzene rings is 1. The van der Waals surface area contributed by atoms with Crippen LogP contribution in [0, 0.1) is 0 Å². The standard InChI is InChI=1S/C25H40NO3/c1-3-4-5-6-10-16-26(2)21-13-14-22(26)19-23(18-21)29-25(28)24(15-17-27)20-11-8-7-9-12-20/h7-9,11-12,21-24,27H,3-6,10,13-19H2,1-2H3/q+1. The zero-order valence-corrected chi connectivity index (χ0v) is 18.4. The van der Waals surface area contributed by atoms with Gasteiger partial charge in [-0.1, -0.05) is 56.5 Å². The van der Waals surface area contributed by atoms with E-state index in [9.17, 15) is 9.90 Å². The Kier molecular flexibility index (Phi) is 8.14. The average molecular weight is 403 g/mol. The number of quaternary nitrogens is 1. The maximum Gasteiger partial charge on any atom is 0.313 e. The highest BCUT2D eigenvalue weighted by Crippen LogP contribution is 2.43. The predicted octanol–water partition coefficient (Wildman–Crippen LogP) is 4.81. The molecule has 0 aromatic heterocycles. The van der Waals surface area contributed by atoms with Gasteiger partial charge in [-0.2, -0.15) is 0 Å². The molecule has 0 radical (unpaired) electrons. The number of aliphatic hydroxyl groups is 1. The Morgan fingerprint density at radius 3 is 2.38 bits per heavy atom. The van der Waals surface area contributed by atoms with Crippen LogP contribution in [0.25, 0.3) is 0 Å². The van der Waals surface area contributed by atoms with E-state index in [2.05, 4.69) is 14.0 Å². The minimum absolute atomic E-state index is 0.00241. The summed E-state index contributed by atoms with van der Waals surface area (Å²) in [5.74, 6) is -0.523. The zero-order valence-electron chi connectivity index (χ0n) is 18.4. The van der Waals surface area contributed by atoms with Crippen LogP contribution in [0.2, 0.25) is 0 Å². The first-order valence-corrected chi connectivity index (χ1v) is 11.8. The Bertz CT molecular complexity index is 618. The van der Waals surface area contributed by atoms with Gasteiger partial charge >= 0.3 is 5.97 Å². The van der Waals surface area contributed by atoms with Crippen molar-refractivity contribution in [1.82, 2.24) is 0 Å². The number of carbonyl (C=O) groups is 1. The Balaban J connectivity index is 1.55. The van der Waals surface area contributed by atoms with E-state index in [4.69, 9.17) is 4.74 Å². The smallest absolute Gasteiger partial charge is 0.313 e. The van der Waals surface area contributed by atoms with Crippen LogP contribution in [0.5, 0.6) is 0 Å². The molecule has 29 heavy (non-hydrogen) atoms. The minimum Gasteiger partial charge on any atom is -0.461 e. The summed E-state index contributed by atoms with van der Waals surface area (Å²) in [6.45, 7) is 3.54. The third-order valence-electron chi connectivity index (χ3n) is 7.50. The molecule has 0 spiro atoms. The van der Waals surface area contributed by atoms with E-state index in [-0.39, 0.29) is 24.6 Å². The van der Waals surface area contributed by atoms with E-state index < -0.39 is 0 Å². The number of unbranched alkanes of at least 4 members (excludes halogenated alkanes) is 4. The van der Waals surface area contributed by atoms with Crippen molar-refractivity contribution in [3.05, 3.63) is 35.9 Å². The maximum absolute atomic E-state index is 12.9. The number of fused-ring (bicyclic) bond motifs is 2. The van der Waals surface area contributed by atoms with Gasteiger partial charge < -0.3 is 14.3 Å². The molecule has 1 aromatic rings. The lowest BCUT2D eigenvalue weighted by atomic mass is 9.94. The summed E-state index contributed by atoms with van der Waals surface area (Å²) in [6, 6.07) is 11.0. The first-order valence-electron chi connectivity index (χ1n) is 11.8. The van der Waals surface area contributed by atoms with Gasteiger partial charge in [0, 0.05) is 32.3 Å². The van der Waals surface area contributed by atoms with Crippen molar-refractivity contribution in [2.75, 3.05) is 20.2 Å². The van der Waals surface area contributed by atoms with Crippen LogP contribution in [-0.2, 0) is 9.53 Å². The fraction of sp³-hybridized carbons (Fsp3) is 0.720. The van der Waals surface area contributed by atoms with Gasteiger partial charge in [0.25, 0.3) is 0 Å². The Morgan fingerprint density at radius 1 is 1.10 bits per heavy atom. The predicted molar refractivity (Wildman–Crippen MR) is 117 cm³/mol. The molecule has 4 nitrogen and oxygen atoms in total. The molecule has 1 aromatic carbocycles. The second kappa shape index (κ2) is 10.6. The van der Waals surface area contributed by atoms with Crippen LogP contribution < -0.4 is 0 Å². The number of aliphatic hydroxyl groups excluding tert-OH is 1. The summed E-state index contributed by atoms with van der Waals surface area (Å²) in [5.41, 5.74) is 0.943. The number of piperidine rings is 1. The van der Waals surface area contributed by atoms with Gasteiger partial charge in [0.05, 0.1) is 31.6 Å². The number of hydrogen-bond donors (Lipinski definition) is 1. The van der Waals surface area contributed by atoms with E-state index in [1.54, 1.807) is 0 Å². The molecule has 0 saturated carbocycles. The molecule has 2 fully saturated rings. The van der Waals surface area contributed by atoms with E-state index in [0.717, 1.165) is 18.4 Å². The fourth-order valence-corrected chi connectivity index (χ4v) is 5.69. The van der Waals surface area contributed by atoms with E-state index in [0.29, 0.717) is 18.5 Å². The van der Waals surface area contributed by atoms with Crippen molar-refractivity contribution in [3.63, 3.8) is 0 Å². The van der Waals surface area contributed by atoms with Gasteiger partial charge in [-0.25, -0.2) is 0 Å². The Labute approximate surface area is 176 Å². The fourth-order valence-electron chi connectivity index (χ4n) is 5.69. The summed E-state index contributed by atoms with van der Waals surface area (Å²) in [7, 11) is 2.44. The molecule has 2 aliphatic heterocycles. The molecule has 3 atom stereocenters. The molecule has 1 N–H and O–H groups in total. The zero-order chi connectivity index (χ0) is 20.7. The molecular formula is C25H40NO3+. The van der Waals surface area contributed by atoms with Crippen LogP contribution in [0.1, 0.15) is 82.6 Å². The summed E-state index contributed by atoms with van der Waals surface area (Å²) in [6.07, 6.45) is 11.7. The second-order valence-electron chi connectivity index (χ2n) is 9.38. The highest BCUT2D eigenvalue weighted by Gasteiger charge is 2.52. The van der Waals surface area contributed by atoms with E-state index in [1.807, 2.05) is 30.3 Å². The normalized spacial score (nSPS) is 29.6. The number of nitrogens with zero attached hydrogens (tertiary/aromatic N) is 1. The third kappa shape index (κ3) is 5.40. The highest BCUT2D eigenvalue weighted by molar-refractivity contribution is 5.78. The molecule has 0 amide bonds. The van der Waals surface area contributed by atoms with Crippen LogP contribution in [0.4, 0.5) is 0 Å². The lowest BCUT2D eigenvalue weighted by Gasteiger charge is -2.47. The van der Waals surface area contributed by atoms with Gasteiger partial charge in [-0.15, -0.1) is 0 Å². The number of esters is 1. The number of carbonyl (C=O) groups excluding carboxylic acids is 1. The molecule has 2 aliphatic rings. The van der Waals surface area contributed by atoms with Gasteiger partial charge in [0.15, 0.2) is 0 Å². The number of hydrogen-bond acceptors (Lipinski definition) is 3. The molecule has 162 valence electrons. The van der Waals surface area contributed by atoms with Crippen molar-refractivity contribution in [3.8, 4) is 0 Å². The van der Waals surface area contributed by atoms with Gasteiger partial charge in [-0.3, -0.25) is 4.79 Å². The second-order valence-corrected chi connectivity index (χ2v) is 9.38. The number of ether oxygens (including phenoxy) is 1. The van der Waals surface area contributed by atoms with Gasteiger partial charge in [0.2, 0.25) is 0 Å². The summed E-state index contributed by atoms with van der Waals surface area (Å²) >= 11 is 0. The SMILES string of the molecule is CCCCCCC[N+]1(C)C2CCC1CC(OC(=O)C(CCO)c1ccccc1)C2. The van der Waals surface area contributed by atoms with Crippen LogP contribution in [-0.4, -0.2) is 53.9 Å². The molecule has 3 rings (SSSR count). The molecule has 0 aliphatic carbocycles. The van der Waals surface area contributed by atoms with E-state index >= 15 is 0 Å². The molecule has 3 unspecified atom stereocenters. The highest BCUT2D eigenvalue weighted by atomic mass is 16.5. The Morgan fingerprint density at radius 2 is 1.76 bits per heavy atom. The molecule has 4 heteroatoms. The monoisotopic (exact) mass is 402 g/mol. The van der Waals surface area contributed by atoms with Gasteiger partial charge in [-0.05, 0) is 24.8 Å². The van der Waals surface area contributed by atoms with Gasteiger partial charge in [0.1, 0.15) is 6.10 Å². The van der Waals surface area contributed by atoms with Crippen molar-refractivity contribution in [2.24, 2.45) is 0 Å². The van der Waals surface area contributed by atoms with Crippen LogP contribution in [0.15, 0.2) is 30.3 Å². The summed E-state index contributed by atoms with van der Waals surface area (Å²) in [5, 5.41) is 9.44. The average Bonchev–Trinajstić information content (AvgIpc) is 2.89. The number of rotatable bonds is 11. The molecule has 2 heterocycles. The Hall–Kier alpha value is -1.39. The molecule has 2 bridgehead atoms. The topological polar surface area (TPSA) is 46.5 Å². The van der Waals surface area contributed by atoms with Crippen molar-refractivity contribution >= 4 is 5.97 Å². The lowest BCUT2D eigenvalue weighted by molar-refractivity contribution is -0.949. The van der Waals surface area contributed by atoms with Crippen LogP contribution in [0.3, 0.4) is 0 Å². The first-order chi connectivity index (χ1) is 14.1. The quantitative estimate of drug-likeness (QED) is 0.328. The molecular weight excluding hydrogens is 362 g/mol. The molecule has 2 saturated heterocycles. The van der Waals surface area contributed by atoms with Crippen molar-refractivity contribution < 1.29 is 19.1 Å². The summed E-state index contributed by atoms with van der Waals surface area (Å²) < 4.78 is 7.23. The van der Waals surface area contributed by atoms with Crippen LogP contribution >= 0.6 is 0 Å². The van der Waals surface area contributed by atoms with Crippen molar-refractivity contribution in [1.29, 1.82) is 0 Å². The first kappa shape index (κ1) is 22.3. The van der Waals surface area contributed by atoms with E-state index in [1.165, 1.54) is 56.0 Å².